The zero-order valence-corrected chi connectivity index (χ0v) is 16.6. The summed E-state index contributed by atoms with van der Waals surface area (Å²) in [4.78, 5) is 24.4. The summed E-state index contributed by atoms with van der Waals surface area (Å²) < 4.78 is 10.7. The van der Waals surface area contributed by atoms with E-state index in [0.29, 0.717) is 22.9 Å². The number of rotatable bonds is 7. The fraction of sp³-hybridized carbons (Fsp3) is 0.333. The number of methoxy groups -OCH3 is 1. The molecule has 0 aliphatic heterocycles. The number of ether oxygens (including phenoxy) is 2. The third-order valence-electron chi connectivity index (χ3n) is 4.06. The SMILES string of the molecule is COc1ccccc1OCC(=O)Nc1cccc(NC(=O)[C@@H](N)C(C)(C)C)c1. The highest BCUT2D eigenvalue weighted by Gasteiger charge is 2.27. The van der Waals surface area contributed by atoms with E-state index >= 15 is 0 Å². The predicted octanol–water partition coefficient (Wildman–Crippen LogP) is 3.02. The fourth-order valence-corrected chi connectivity index (χ4v) is 2.37. The highest BCUT2D eigenvalue weighted by Crippen LogP contribution is 2.25. The van der Waals surface area contributed by atoms with Crippen LogP contribution in [-0.2, 0) is 9.59 Å². The molecular formula is C21H27N3O4. The van der Waals surface area contributed by atoms with Gasteiger partial charge in [-0.1, -0.05) is 39.0 Å². The normalized spacial score (nSPS) is 12.0. The summed E-state index contributed by atoms with van der Waals surface area (Å²) in [6.45, 7) is 5.52. The molecule has 150 valence electrons. The first-order valence-corrected chi connectivity index (χ1v) is 8.93. The highest BCUT2D eigenvalue weighted by molar-refractivity contribution is 5.97. The molecule has 0 spiro atoms. The Morgan fingerprint density at radius 1 is 1.00 bits per heavy atom. The number of hydrogen-bond donors (Lipinski definition) is 3. The van der Waals surface area contributed by atoms with Gasteiger partial charge in [-0.2, -0.15) is 0 Å². The molecule has 4 N–H and O–H groups in total. The molecule has 28 heavy (non-hydrogen) atoms. The molecule has 0 aliphatic rings. The molecule has 0 aliphatic carbocycles. The number of carbonyl (C=O) groups is 2. The molecular weight excluding hydrogens is 358 g/mol. The van der Waals surface area contributed by atoms with E-state index in [9.17, 15) is 9.59 Å². The Morgan fingerprint density at radius 3 is 2.21 bits per heavy atom. The molecule has 0 radical (unpaired) electrons. The Morgan fingerprint density at radius 2 is 1.61 bits per heavy atom. The number of anilines is 2. The van der Waals surface area contributed by atoms with E-state index in [0.717, 1.165) is 0 Å². The third-order valence-corrected chi connectivity index (χ3v) is 4.06. The summed E-state index contributed by atoms with van der Waals surface area (Å²) in [5.41, 5.74) is 6.70. The second kappa shape index (κ2) is 9.23. The molecule has 2 amide bonds. The van der Waals surface area contributed by atoms with Crippen LogP contribution in [0.1, 0.15) is 20.8 Å². The Balaban J connectivity index is 1.95. The van der Waals surface area contributed by atoms with Gasteiger partial charge in [0.1, 0.15) is 0 Å². The van der Waals surface area contributed by atoms with E-state index in [1.165, 1.54) is 7.11 Å². The van der Waals surface area contributed by atoms with Crippen molar-refractivity contribution in [3.8, 4) is 11.5 Å². The van der Waals surface area contributed by atoms with Crippen LogP contribution in [0.3, 0.4) is 0 Å². The van der Waals surface area contributed by atoms with E-state index in [1.807, 2.05) is 26.8 Å². The summed E-state index contributed by atoms with van der Waals surface area (Å²) in [5, 5.41) is 5.51. The molecule has 0 heterocycles. The average Bonchev–Trinajstić information content (AvgIpc) is 2.65. The maximum Gasteiger partial charge on any atom is 0.262 e. The van der Waals surface area contributed by atoms with Gasteiger partial charge in [0.05, 0.1) is 13.2 Å². The van der Waals surface area contributed by atoms with Crippen molar-refractivity contribution >= 4 is 23.2 Å². The molecule has 2 aromatic rings. The lowest BCUT2D eigenvalue weighted by Crippen LogP contribution is -2.45. The van der Waals surface area contributed by atoms with Gasteiger partial charge in [0.2, 0.25) is 5.91 Å². The molecule has 0 fully saturated rings. The monoisotopic (exact) mass is 385 g/mol. The zero-order chi connectivity index (χ0) is 20.7. The third kappa shape index (κ3) is 5.99. The molecule has 2 rings (SSSR count). The van der Waals surface area contributed by atoms with Gasteiger partial charge in [-0.25, -0.2) is 0 Å². The molecule has 2 aromatic carbocycles. The van der Waals surface area contributed by atoms with Crippen LogP contribution in [0.25, 0.3) is 0 Å². The van der Waals surface area contributed by atoms with Gasteiger partial charge in [-0.3, -0.25) is 9.59 Å². The summed E-state index contributed by atoms with van der Waals surface area (Å²) >= 11 is 0. The van der Waals surface area contributed by atoms with Gasteiger partial charge >= 0.3 is 0 Å². The molecule has 7 nitrogen and oxygen atoms in total. The summed E-state index contributed by atoms with van der Waals surface area (Å²) in [7, 11) is 1.54. The predicted molar refractivity (Wildman–Crippen MR) is 110 cm³/mol. The van der Waals surface area contributed by atoms with Crippen molar-refractivity contribution in [2.45, 2.75) is 26.8 Å². The van der Waals surface area contributed by atoms with E-state index < -0.39 is 6.04 Å². The van der Waals surface area contributed by atoms with Gasteiger partial charge in [-0.15, -0.1) is 0 Å². The van der Waals surface area contributed by atoms with Gasteiger partial charge < -0.3 is 25.8 Å². The first kappa shape index (κ1) is 21.2. The summed E-state index contributed by atoms with van der Waals surface area (Å²) in [6.07, 6.45) is 0. The van der Waals surface area contributed by atoms with E-state index in [1.54, 1.807) is 42.5 Å². The van der Waals surface area contributed by atoms with Crippen molar-refractivity contribution in [3.63, 3.8) is 0 Å². The Labute approximate surface area is 165 Å². The number of para-hydroxylation sites is 2. The van der Waals surface area contributed by atoms with Crippen molar-refractivity contribution in [2.75, 3.05) is 24.4 Å². The van der Waals surface area contributed by atoms with Crippen LogP contribution in [0.15, 0.2) is 48.5 Å². The minimum absolute atomic E-state index is 0.175. The molecule has 0 aromatic heterocycles. The minimum Gasteiger partial charge on any atom is -0.493 e. The Kier molecular flexibility index (Phi) is 7.00. The number of nitrogens with one attached hydrogen (secondary N) is 2. The molecule has 7 heteroatoms. The number of nitrogens with two attached hydrogens (primary N) is 1. The van der Waals surface area contributed by atoms with Crippen LogP contribution in [0.4, 0.5) is 11.4 Å². The van der Waals surface area contributed by atoms with Crippen molar-refractivity contribution in [2.24, 2.45) is 11.1 Å². The lowest BCUT2D eigenvalue weighted by molar-refractivity contribution is -0.119. The van der Waals surface area contributed by atoms with Crippen molar-refractivity contribution in [1.82, 2.24) is 0 Å². The molecule has 0 bridgehead atoms. The quantitative estimate of drug-likeness (QED) is 0.680. The van der Waals surface area contributed by atoms with Crippen LogP contribution < -0.4 is 25.8 Å². The number of hydrogen-bond acceptors (Lipinski definition) is 5. The maximum atomic E-state index is 12.3. The molecule has 1 atom stereocenters. The lowest BCUT2D eigenvalue weighted by atomic mass is 9.87. The van der Waals surface area contributed by atoms with Crippen LogP contribution in [0, 0.1) is 5.41 Å². The molecule has 0 saturated carbocycles. The molecule has 0 unspecified atom stereocenters. The van der Waals surface area contributed by atoms with Gasteiger partial charge in [0, 0.05) is 11.4 Å². The standard InChI is InChI=1S/C21H27N3O4/c1-21(2,3)19(22)20(26)24-15-9-7-8-14(12-15)23-18(25)13-28-17-11-6-5-10-16(17)27-4/h5-12,19H,13,22H2,1-4H3,(H,23,25)(H,24,26)/t19-/m1/s1. The van der Waals surface area contributed by atoms with Crippen molar-refractivity contribution in [3.05, 3.63) is 48.5 Å². The fourth-order valence-electron chi connectivity index (χ4n) is 2.37. The van der Waals surface area contributed by atoms with E-state index in [2.05, 4.69) is 10.6 Å². The second-order valence-electron chi connectivity index (χ2n) is 7.40. The summed E-state index contributed by atoms with van der Waals surface area (Å²) in [5.74, 6) is 0.420. The minimum atomic E-state index is -0.653. The maximum absolute atomic E-state index is 12.3. The van der Waals surface area contributed by atoms with Crippen LogP contribution >= 0.6 is 0 Å². The largest absolute Gasteiger partial charge is 0.493 e. The second-order valence-corrected chi connectivity index (χ2v) is 7.40. The smallest absolute Gasteiger partial charge is 0.262 e. The van der Waals surface area contributed by atoms with Crippen molar-refractivity contribution in [1.29, 1.82) is 0 Å². The first-order valence-electron chi connectivity index (χ1n) is 8.93. The number of carbonyl (C=O) groups excluding carboxylic acids is 2. The van der Waals surface area contributed by atoms with Crippen molar-refractivity contribution < 1.29 is 19.1 Å². The van der Waals surface area contributed by atoms with Crippen LogP contribution in [0.5, 0.6) is 11.5 Å². The van der Waals surface area contributed by atoms with E-state index in [4.69, 9.17) is 15.2 Å². The molecule has 0 saturated heterocycles. The zero-order valence-electron chi connectivity index (χ0n) is 16.6. The van der Waals surface area contributed by atoms with Gasteiger partial charge in [0.25, 0.3) is 5.91 Å². The Bertz CT molecular complexity index is 830. The van der Waals surface area contributed by atoms with Crippen LogP contribution in [-0.4, -0.2) is 31.6 Å². The number of benzene rings is 2. The van der Waals surface area contributed by atoms with E-state index in [-0.39, 0.29) is 23.8 Å². The lowest BCUT2D eigenvalue weighted by Gasteiger charge is -2.25. The van der Waals surface area contributed by atoms with Gasteiger partial charge in [-0.05, 0) is 35.7 Å². The Hall–Kier alpha value is -3.06. The first-order chi connectivity index (χ1) is 13.2. The topological polar surface area (TPSA) is 103 Å². The average molecular weight is 385 g/mol. The van der Waals surface area contributed by atoms with Crippen LogP contribution in [0.2, 0.25) is 0 Å². The highest BCUT2D eigenvalue weighted by atomic mass is 16.5. The van der Waals surface area contributed by atoms with Gasteiger partial charge in [0.15, 0.2) is 18.1 Å². The summed E-state index contributed by atoms with van der Waals surface area (Å²) in [6, 6.07) is 13.3. The number of amides is 2.